The first-order chi connectivity index (χ1) is 15.9. The summed E-state index contributed by atoms with van der Waals surface area (Å²) in [5, 5.41) is -0.612. The lowest BCUT2D eigenvalue weighted by molar-refractivity contribution is -0.137. The highest BCUT2D eigenvalue weighted by atomic mass is 35.5. The number of amides is 1. The van der Waals surface area contributed by atoms with Gasteiger partial charge < -0.3 is 14.5 Å². The molecule has 2 aromatic carbocycles. The van der Waals surface area contributed by atoms with Gasteiger partial charge in [0.15, 0.2) is 0 Å². The van der Waals surface area contributed by atoms with Crippen molar-refractivity contribution >= 4 is 33.2 Å². The SMILES string of the molecule is CCOc1ccccc1N1CCN(C(=O)C(C)NS(=O)(=O)c2ccc(Cl)c(C(F)(F)F)c2)CC1. The molecule has 34 heavy (non-hydrogen) atoms. The fourth-order valence-electron chi connectivity index (χ4n) is 3.68. The van der Waals surface area contributed by atoms with Crippen molar-refractivity contribution in [1.29, 1.82) is 0 Å². The Hall–Kier alpha value is -2.50. The fraction of sp³-hybridized carbons (Fsp3) is 0.409. The summed E-state index contributed by atoms with van der Waals surface area (Å²) < 4.78 is 72.4. The van der Waals surface area contributed by atoms with Gasteiger partial charge in [0.05, 0.1) is 33.8 Å². The van der Waals surface area contributed by atoms with E-state index in [4.69, 9.17) is 16.3 Å². The standard InChI is InChI=1S/C22H25ClF3N3O4S/c1-3-33-20-7-5-4-6-19(20)28-10-12-29(13-11-28)21(30)15(2)27-34(31,32)16-8-9-18(23)17(14-16)22(24,25)26/h4-9,14-15,27H,3,10-13H2,1-2H3. The molecule has 1 unspecified atom stereocenters. The molecule has 1 heterocycles. The van der Waals surface area contributed by atoms with E-state index in [2.05, 4.69) is 9.62 Å². The summed E-state index contributed by atoms with van der Waals surface area (Å²) in [5.41, 5.74) is -0.354. The van der Waals surface area contributed by atoms with Gasteiger partial charge in [-0.3, -0.25) is 4.79 Å². The highest BCUT2D eigenvalue weighted by Gasteiger charge is 2.35. The second-order valence-electron chi connectivity index (χ2n) is 7.70. The number of halogens is 4. The highest BCUT2D eigenvalue weighted by molar-refractivity contribution is 7.89. The van der Waals surface area contributed by atoms with Gasteiger partial charge in [0.2, 0.25) is 15.9 Å². The lowest BCUT2D eigenvalue weighted by Gasteiger charge is -2.37. The quantitative estimate of drug-likeness (QED) is 0.602. The van der Waals surface area contributed by atoms with E-state index in [1.54, 1.807) is 0 Å². The van der Waals surface area contributed by atoms with Crippen LogP contribution in [0.1, 0.15) is 19.4 Å². The summed E-state index contributed by atoms with van der Waals surface area (Å²) >= 11 is 5.56. The molecule has 2 aromatic rings. The summed E-state index contributed by atoms with van der Waals surface area (Å²) in [6.07, 6.45) is -4.81. The number of nitrogens with zero attached hydrogens (tertiary/aromatic N) is 2. The van der Waals surface area contributed by atoms with Crippen LogP contribution in [0, 0.1) is 0 Å². The molecule has 0 spiro atoms. The average Bonchev–Trinajstić information content (AvgIpc) is 2.78. The van der Waals surface area contributed by atoms with Crippen LogP contribution in [0.25, 0.3) is 0 Å². The van der Waals surface area contributed by atoms with Crippen molar-refractivity contribution in [3.8, 4) is 5.75 Å². The molecule has 1 amide bonds. The molecule has 0 aromatic heterocycles. The minimum atomic E-state index is -4.81. The number of carbonyl (C=O) groups is 1. The number of hydrogen-bond donors (Lipinski definition) is 1. The predicted molar refractivity (Wildman–Crippen MR) is 123 cm³/mol. The molecule has 0 bridgehead atoms. The van der Waals surface area contributed by atoms with E-state index in [1.807, 2.05) is 31.2 Å². The highest BCUT2D eigenvalue weighted by Crippen LogP contribution is 2.36. The molecule has 0 aliphatic carbocycles. The zero-order valence-corrected chi connectivity index (χ0v) is 20.2. The molecule has 7 nitrogen and oxygen atoms in total. The smallest absolute Gasteiger partial charge is 0.417 e. The minimum absolute atomic E-state index is 0.352. The van der Waals surface area contributed by atoms with Crippen LogP contribution in [0.3, 0.4) is 0 Å². The van der Waals surface area contributed by atoms with Crippen molar-refractivity contribution in [1.82, 2.24) is 9.62 Å². The van der Waals surface area contributed by atoms with Gasteiger partial charge in [0.1, 0.15) is 5.75 Å². The predicted octanol–water partition coefficient (Wildman–Crippen LogP) is 3.77. The number of benzene rings is 2. The molecule has 0 saturated carbocycles. The molecule has 1 atom stereocenters. The van der Waals surface area contributed by atoms with Crippen molar-refractivity contribution in [2.24, 2.45) is 0 Å². The average molecular weight is 520 g/mol. The van der Waals surface area contributed by atoms with E-state index in [9.17, 15) is 26.4 Å². The van der Waals surface area contributed by atoms with Crippen LogP contribution in [0.2, 0.25) is 5.02 Å². The van der Waals surface area contributed by atoms with Crippen LogP contribution >= 0.6 is 11.6 Å². The van der Waals surface area contributed by atoms with E-state index in [0.29, 0.717) is 38.9 Å². The third-order valence-electron chi connectivity index (χ3n) is 5.35. The van der Waals surface area contributed by atoms with Crippen LogP contribution < -0.4 is 14.4 Å². The Morgan fingerprint density at radius 2 is 1.79 bits per heavy atom. The summed E-state index contributed by atoms with van der Waals surface area (Å²) in [6.45, 7) is 5.50. The van der Waals surface area contributed by atoms with Crippen molar-refractivity contribution in [3.05, 3.63) is 53.1 Å². The minimum Gasteiger partial charge on any atom is -0.492 e. The van der Waals surface area contributed by atoms with Crippen LogP contribution in [-0.4, -0.2) is 58.1 Å². The second kappa shape index (κ2) is 10.4. The van der Waals surface area contributed by atoms with Crippen molar-refractivity contribution in [2.75, 3.05) is 37.7 Å². The Kier molecular flexibility index (Phi) is 7.99. The topological polar surface area (TPSA) is 79.0 Å². The number of sulfonamides is 1. The van der Waals surface area contributed by atoms with E-state index in [0.717, 1.165) is 23.6 Å². The molecule has 1 saturated heterocycles. The lowest BCUT2D eigenvalue weighted by Crippen LogP contribution is -2.54. The summed E-state index contributed by atoms with van der Waals surface area (Å²) in [5.74, 6) is 0.276. The second-order valence-corrected chi connectivity index (χ2v) is 9.82. The van der Waals surface area contributed by atoms with Crippen LogP contribution in [0.15, 0.2) is 47.4 Å². The Balaban J connectivity index is 1.66. The van der Waals surface area contributed by atoms with Gasteiger partial charge in [-0.15, -0.1) is 0 Å². The lowest BCUT2D eigenvalue weighted by atomic mass is 10.2. The first-order valence-corrected chi connectivity index (χ1v) is 12.4. The number of ether oxygens (including phenoxy) is 1. The number of carbonyl (C=O) groups excluding carboxylic acids is 1. The number of nitrogens with one attached hydrogen (secondary N) is 1. The van der Waals surface area contributed by atoms with Gasteiger partial charge in [0.25, 0.3) is 0 Å². The van der Waals surface area contributed by atoms with Crippen molar-refractivity contribution in [3.63, 3.8) is 0 Å². The molecule has 1 aliphatic heterocycles. The maximum atomic E-state index is 13.1. The Labute approximate surface area is 201 Å². The molecule has 3 rings (SSSR count). The van der Waals surface area contributed by atoms with Gasteiger partial charge in [-0.2, -0.15) is 17.9 Å². The maximum absolute atomic E-state index is 13.1. The van der Waals surface area contributed by atoms with E-state index < -0.39 is 43.6 Å². The maximum Gasteiger partial charge on any atom is 0.417 e. The summed E-state index contributed by atoms with van der Waals surface area (Å²) in [4.78, 5) is 15.8. The normalized spacial score (nSPS) is 15.8. The van der Waals surface area contributed by atoms with Crippen molar-refractivity contribution in [2.45, 2.75) is 31.0 Å². The number of para-hydroxylation sites is 2. The third-order valence-corrected chi connectivity index (χ3v) is 7.22. The number of hydrogen-bond acceptors (Lipinski definition) is 5. The zero-order valence-electron chi connectivity index (χ0n) is 18.6. The van der Waals surface area contributed by atoms with E-state index >= 15 is 0 Å². The Morgan fingerprint density at radius 3 is 2.41 bits per heavy atom. The third kappa shape index (κ3) is 5.94. The molecule has 1 fully saturated rings. The first-order valence-electron chi connectivity index (χ1n) is 10.6. The molecule has 12 heteroatoms. The summed E-state index contributed by atoms with van der Waals surface area (Å²) in [6, 6.07) is 8.69. The van der Waals surface area contributed by atoms with Crippen molar-refractivity contribution < 1.29 is 31.1 Å². The van der Waals surface area contributed by atoms with Gasteiger partial charge in [0, 0.05) is 26.2 Å². The summed E-state index contributed by atoms with van der Waals surface area (Å²) in [7, 11) is -4.39. The van der Waals surface area contributed by atoms with E-state index in [1.165, 1.54) is 11.8 Å². The van der Waals surface area contributed by atoms with Crippen LogP contribution in [-0.2, 0) is 21.0 Å². The Morgan fingerprint density at radius 1 is 1.15 bits per heavy atom. The van der Waals surface area contributed by atoms with Gasteiger partial charge >= 0.3 is 6.18 Å². The van der Waals surface area contributed by atoms with E-state index in [-0.39, 0.29) is 0 Å². The molecule has 1 N–H and O–H groups in total. The number of piperazine rings is 1. The fourth-order valence-corrected chi connectivity index (χ4v) is 5.12. The number of anilines is 1. The first kappa shape index (κ1) is 26.1. The molecule has 0 radical (unpaired) electrons. The van der Waals surface area contributed by atoms with Gasteiger partial charge in [-0.05, 0) is 44.2 Å². The monoisotopic (exact) mass is 519 g/mol. The Bertz CT molecular complexity index is 1140. The van der Waals surface area contributed by atoms with Crippen LogP contribution in [0.4, 0.5) is 18.9 Å². The largest absolute Gasteiger partial charge is 0.492 e. The number of rotatable bonds is 7. The van der Waals surface area contributed by atoms with Gasteiger partial charge in [-0.25, -0.2) is 8.42 Å². The number of alkyl halides is 3. The molecular formula is C22H25ClF3N3O4S. The zero-order chi connectivity index (χ0) is 25.1. The molecular weight excluding hydrogens is 495 g/mol. The molecule has 186 valence electrons. The van der Waals surface area contributed by atoms with Crippen LogP contribution in [0.5, 0.6) is 5.75 Å². The van der Waals surface area contributed by atoms with Gasteiger partial charge in [-0.1, -0.05) is 23.7 Å². The molecule has 1 aliphatic rings.